The van der Waals surface area contributed by atoms with E-state index in [1.165, 1.54) is 19.4 Å². The van der Waals surface area contributed by atoms with E-state index in [-0.39, 0.29) is 0 Å². The standard InChI is InChI=1S/C12H23NO/c1-4-11(14)7-5-9-13-10-6-8-12(13,2)3/h4-10H2,1-3H3. The Hall–Kier alpha value is -0.370. The second kappa shape index (κ2) is 4.92. The van der Waals surface area contributed by atoms with Gasteiger partial charge in [0.15, 0.2) is 0 Å². The molecule has 1 aliphatic rings. The fourth-order valence-electron chi connectivity index (χ4n) is 2.22. The summed E-state index contributed by atoms with van der Waals surface area (Å²) in [6, 6.07) is 0. The van der Waals surface area contributed by atoms with Crippen LogP contribution in [0.1, 0.15) is 52.9 Å². The number of carbonyl (C=O) groups excluding carboxylic acids is 1. The summed E-state index contributed by atoms with van der Waals surface area (Å²) in [6.45, 7) is 8.87. The number of rotatable bonds is 5. The summed E-state index contributed by atoms with van der Waals surface area (Å²) in [5.41, 5.74) is 0.370. The minimum atomic E-state index is 0.370. The van der Waals surface area contributed by atoms with Gasteiger partial charge in [-0.2, -0.15) is 0 Å². The maximum atomic E-state index is 11.1. The van der Waals surface area contributed by atoms with E-state index in [0.717, 1.165) is 19.4 Å². The zero-order valence-electron chi connectivity index (χ0n) is 9.81. The molecule has 0 unspecified atom stereocenters. The van der Waals surface area contributed by atoms with E-state index in [0.29, 0.717) is 17.7 Å². The molecule has 1 heterocycles. The van der Waals surface area contributed by atoms with Gasteiger partial charge in [-0.3, -0.25) is 9.69 Å². The Balaban J connectivity index is 2.21. The molecule has 0 aromatic heterocycles. The van der Waals surface area contributed by atoms with E-state index in [1.54, 1.807) is 0 Å². The molecule has 82 valence electrons. The molecule has 0 aliphatic carbocycles. The Morgan fingerprint density at radius 1 is 1.43 bits per heavy atom. The fourth-order valence-corrected chi connectivity index (χ4v) is 2.22. The Labute approximate surface area is 87.7 Å². The lowest BCUT2D eigenvalue weighted by molar-refractivity contribution is -0.118. The Kier molecular flexibility index (Phi) is 4.11. The van der Waals surface area contributed by atoms with Gasteiger partial charge in [0.05, 0.1) is 0 Å². The van der Waals surface area contributed by atoms with Crippen molar-refractivity contribution >= 4 is 5.78 Å². The molecule has 1 saturated heterocycles. The summed E-state index contributed by atoms with van der Waals surface area (Å²) >= 11 is 0. The van der Waals surface area contributed by atoms with Crippen LogP contribution in [-0.2, 0) is 4.79 Å². The van der Waals surface area contributed by atoms with E-state index in [9.17, 15) is 4.79 Å². The SMILES string of the molecule is CCC(=O)CCCN1CCCC1(C)C. The molecule has 0 spiro atoms. The van der Waals surface area contributed by atoms with Crippen LogP contribution < -0.4 is 0 Å². The van der Waals surface area contributed by atoms with Gasteiger partial charge in [0.1, 0.15) is 5.78 Å². The molecular formula is C12H23NO. The zero-order chi connectivity index (χ0) is 10.6. The highest BCUT2D eigenvalue weighted by molar-refractivity contribution is 5.77. The maximum absolute atomic E-state index is 11.1. The Morgan fingerprint density at radius 2 is 2.14 bits per heavy atom. The highest BCUT2D eigenvalue weighted by atomic mass is 16.1. The molecule has 1 aliphatic heterocycles. The van der Waals surface area contributed by atoms with Crippen molar-refractivity contribution in [3.8, 4) is 0 Å². The van der Waals surface area contributed by atoms with E-state index in [1.807, 2.05) is 6.92 Å². The van der Waals surface area contributed by atoms with Crippen LogP contribution in [-0.4, -0.2) is 29.3 Å². The Morgan fingerprint density at radius 3 is 2.64 bits per heavy atom. The van der Waals surface area contributed by atoms with Crippen molar-refractivity contribution < 1.29 is 4.79 Å². The molecule has 2 nitrogen and oxygen atoms in total. The van der Waals surface area contributed by atoms with Gasteiger partial charge in [0, 0.05) is 18.4 Å². The first kappa shape index (κ1) is 11.7. The third kappa shape index (κ3) is 3.09. The van der Waals surface area contributed by atoms with Crippen LogP contribution >= 0.6 is 0 Å². The predicted octanol–water partition coefficient (Wildman–Crippen LogP) is 2.62. The van der Waals surface area contributed by atoms with Crippen LogP contribution in [0.2, 0.25) is 0 Å². The van der Waals surface area contributed by atoms with Crippen LogP contribution in [0.5, 0.6) is 0 Å². The van der Waals surface area contributed by atoms with Crippen molar-refractivity contribution in [2.45, 2.75) is 58.4 Å². The molecule has 2 heteroatoms. The second-order valence-electron chi connectivity index (χ2n) is 4.90. The minimum absolute atomic E-state index is 0.370. The van der Waals surface area contributed by atoms with Crippen molar-refractivity contribution in [2.24, 2.45) is 0 Å². The third-order valence-corrected chi connectivity index (χ3v) is 3.35. The van der Waals surface area contributed by atoms with E-state index >= 15 is 0 Å². The van der Waals surface area contributed by atoms with Crippen LogP contribution in [0.4, 0.5) is 0 Å². The number of likely N-dealkylation sites (tertiary alicyclic amines) is 1. The summed E-state index contributed by atoms with van der Waals surface area (Å²) in [5, 5.41) is 0. The van der Waals surface area contributed by atoms with Gasteiger partial charge >= 0.3 is 0 Å². The van der Waals surface area contributed by atoms with Gasteiger partial charge in [0.25, 0.3) is 0 Å². The largest absolute Gasteiger partial charge is 0.300 e. The summed E-state index contributed by atoms with van der Waals surface area (Å²) in [6.07, 6.45) is 5.12. The number of hydrogen-bond acceptors (Lipinski definition) is 2. The number of nitrogens with zero attached hydrogens (tertiary/aromatic N) is 1. The van der Waals surface area contributed by atoms with E-state index in [2.05, 4.69) is 18.7 Å². The lowest BCUT2D eigenvalue weighted by Crippen LogP contribution is -2.38. The summed E-state index contributed by atoms with van der Waals surface area (Å²) < 4.78 is 0. The monoisotopic (exact) mass is 197 g/mol. The molecule has 0 amide bonds. The molecule has 0 radical (unpaired) electrons. The topological polar surface area (TPSA) is 20.3 Å². The molecule has 14 heavy (non-hydrogen) atoms. The summed E-state index contributed by atoms with van der Waals surface area (Å²) in [4.78, 5) is 13.7. The first-order chi connectivity index (χ1) is 6.56. The number of Topliss-reactive ketones (excluding diaryl/α,β-unsaturated/α-hetero) is 1. The van der Waals surface area contributed by atoms with Crippen molar-refractivity contribution in [3.05, 3.63) is 0 Å². The lowest BCUT2D eigenvalue weighted by atomic mass is 10.0. The van der Waals surface area contributed by atoms with E-state index in [4.69, 9.17) is 0 Å². The molecule has 0 aromatic rings. The molecule has 1 rings (SSSR count). The molecule has 0 N–H and O–H groups in total. The molecular weight excluding hydrogens is 174 g/mol. The van der Waals surface area contributed by atoms with Crippen LogP contribution in [0.15, 0.2) is 0 Å². The van der Waals surface area contributed by atoms with Crippen LogP contribution in [0.3, 0.4) is 0 Å². The molecule has 0 atom stereocenters. The van der Waals surface area contributed by atoms with Crippen LogP contribution in [0, 0.1) is 0 Å². The smallest absolute Gasteiger partial charge is 0.132 e. The van der Waals surface area contributed by atoms with Crippen molar-refractivity contribution in [1.82, 2.24) is 4.90 Å². The number of carbonyl (C=O) groups is 1. The number of hydrogen-bond donors (Lipinski definition) is 0. The van der Waals surface area contributed by atoms with Gasteiger partial charge in [0.2, 0.25) is 0 Å². The normalized spacial score (nSPS) is 21.4. The number of ketones is 1. The second-order valence-corrected chi connectivity index (χ2v) is 4.90. The highest BCUT2D eigenvalue weighted by Crippen LogP contribution is 2.28. The zero-order valence-corrected chi connectivity index (χ0v) is 9.81. The lowest BCUT2D eigenvalue weighted by Gasteiger charge is -2.31. The first-order valence-electron chi connectivity index (χ1n) is 5.83. The fraction of sp³-hybridized carbons (Fsp3) is 0.917. The average Bonchev–Trinajstić information content (AvgIpc) is 2.45. The van der Waals surface area contributed by atoms with Crippen molar-refractivity contribution in [2.75, 3.05) is 13.1 Å². The first-order valence-corrected chi connectivity index (χ1v) is 5.83. The highest BCUT2D eigenvalue weighted by Gasteiger charge is 2.30. The average molecular weight is 197 g/mol. The van der Waals surface area contributed by atoms with Crippen molar-refractivity contribution in [1.29, 1.82) is 0 Å². The molecule has 1 fully saturated rings. The Bertz CT molecular complexity index is 198. The van der Waals surface area contributed by atoms with Gasteiger partial charge in [-0.05, 0) is 46.2 Å². The van der Waals surface area contributed by atoms with Gasteiger partial charge in [-0.25, -0.2) is 0 Å². The summed E-state index contributed by atoms with van der Waals surface area (Å²) in [7, 11) is 0. The van der Waals surface area contributed by atoms with Gasteiger partial charge < -0.3 is 0 Å². The third-order valence-electron chi connectivity index (χ3n) is 3.35. The maximum Gasteiger partial charge on any atom is 0.132 e. The van der Waals surface area contributed by atoms with Gasteiger partial charge in [-0.15, -0.1) is 0 Å². The minimum Gasteiger partial charge on any atom is -0.300 e. The quantitative estimate of drug-likeness (QED) is 0.675. The predicted molar refractivity (Wildman–Crippen MR) is 59.4 cm³/mol. The summed E-state index contributed by atoms with van der Waals surface area (Å²) in [5.74, 6) is 0.405. The molecule has 0 aromatic carbocycles. The van der Waals surface area contributed by atoms with Crippen molar-refractivity contribution in [3.63, 3.8) is 0 Å². The molecule has 0 saturated carbocycles. The van der Waals surface area contributed by atoms with Gasteiger partial charge in [-0.1, -0.05) is 6.92 Å². The van der Waals surface area contributed by atoms with Crippen LogP contribution in [0.25, 0.3) is 0 Å². The van der Waals surface area contributed by atoms with E-state index < -0.39 is 0 Å². The molecule has 0 bridgehead atoms.